The Morgan fingerprint density at radius 2 is 2.00 bits per heavy atom. The largest absolute Gasteiger partial charge is 0.356 e. The fraction of sp³-hybridized carbons (Fsp3) is 0.550. The molecule has 0 bridgehead atoms. The van der Waals surface area contributed by atoms with Crippen LogP contribution in [-0.2, 0) is 10.0 Å². The topological polar surface area (TPSA) is 111 Å². The number of piperidine rings is 1. The lowest BCUT2D eigenvalue weighted by molar-refractivity contribution is 0.270. The van der Waals surface area contributed by atoms with Crippen LogP contribution in [-0.4, -0.2) is 69.8 Å². The third-order valence-electron chi connectivity index (χ3n) is 6.68. The average Bonchev–Trinajstić information content (AvgIpc) is 3.41. The summed E-state index contributed by atoms with van der Waals surface area (Å²) in [5.74, 6) is 1.72. The van der Waals surface area contributed by atoms with Gasteiger partial charge < -0.3 is 9.88 Å². The van der Waals surface area contributed by atoms with Crippen molar-refractivity contribution in [3.63, 3.8) is 0 Å². The Labute approximate surface area is 175 Å². The Kier molecular flexibility index (Phi) is 4.98. The zero-order chi connectivity index (χ0) is 20.7. The molecule has 1 aliphatic heterocycles. The highest BCUT2D eigenvalue weighted by Crippen LogP contribution is 2.37. The van der Waals surface area contributed by atoms with Gasteiger partial charge in [0.05, 0.1) is 11.1 Å². The SMILES string of the molecule is CN(c1ncnc2[nH]ccc12)C1CC(CS(=O)(=O)N2CCC(c3ccn[nH]3)CC2)C1. The third kappa shape index (κ3) is 3.58. The van der Waals surface area contributed by atoms with Crippen molar-refractivity contribution in [2.45, 2.75) is 37.6 Å². The molecule has 30 heavy (non-hydrogen) atoms. The molecule has 1 saturated carbocycles. The van der Waals surface area contributed by atoms with Gasteiger partial charge in [0.25, 0.3) is 0 Å². The number of anilines is 1. The Balaban J connectivity index is 1.15. The summed E-state index contributed by atoms with van der Waals surface area (Å²) < 4.78 is 27.6. The van der Waals surface area contributed by atoms with Crippen molar-refractivity contribution >= 4 is 26.9 Å². The van der Waals surface area contributed by atoms with E-state index in [1.165, 1.54) is 0 Å². The molecule has 3 aromatic rings. The van der Waals surface area contributed by atoms with Crippen LogP contribution in [0.3, 0.4) is 0 Å². The number of aromatic nitrogens is 5. The molecule has 3 aromatic heterocycles. The number of H-pyrrole nitrogens is 2. The van der Waals surface area contributed by atoms with Gasteiger partial charge in [-0.3, -0.25) is 5.10 Å². The normalized spacial score (nSPS) is 23.5. The Hall–Kier alpha value is -2.46. The molecule has 4 heterocycles. The highest BCUT2D eigenvalue weighted by atomic mass is 32.2. The molecule has 0 amide bonds. The highest BCUT2D eigenvalue weighted by Gasteiger charge is 2.38. The van der Waals surface area contributed by atoms with Crippen LogP contribution in [0.1, 0.15) is 37.3 Å². The molecule has 2 aliphatic rings. The Morgan fingerprint density at radius 3 is 2.73 bits per heavy atom. The summed E-state index contributed by atoms with van der Waals surface area (Å²) in [4.78, 5) is 14.0. The standard InChI is InChI=1S/C20H27N7O2S/c1-26(20-17-2-6-21-19(17)22-13-23-20)16-10-14(11-16)12-30(28,29)27-8-4-15(5-9-27)18-3-7-24-25-18/h2-3,6-7,13-16H,4-5,8-12H2,1H3,(H,24,25)(H,21,22,23). The zero-order valence-corrected chi connectivity index (χ0v) is 17.8. The predicted molar refractivity (Wildman–Crippen MR) is 115 cm³/mol. The molecular formula is C20H27N7O2S. The van der Waals surface area contributed by atoms with Gasteiger partial charge >= 0.3 is 0 Å². The van der Waals surface area contributed by atoms with E-state index >= 15 is 0 Å². The first kappa shape index (κ1) is 19.5. The molecule has 2 N–H and O–H groups in total. The summed E-state index contributed by atoms with van der Waals surface area (Å²) in [6, 6.07) is 4.28. The summed E-state index contributed by atoms with van der Waals surface area (Å²) in [5, 5.41) is 8.02. The van der Waals surface area contributed by atoms with Crippen molar-refractivity contribution in [1.29, 1.82) is 0 Å². The van der Waals surface area contributed by atoms with Crippen molar-refractivity contribution < 1.29 is 8.42 Å². The molecule has 0 spiro atoms. The number of hydrogen-bond donors (Lipinski definition) is 2. The second-order valence-electron chi connectivity index (χ2n) is 8.50. The van der Waals surface area contributed by atoms with E-state index in [1.807, 2.05) is 25.4 Å². The second kappa shape index (κ2) is 7.66. The van der Waals surface area contributed by atoms with Crippen molar-refractivity contribution in [2.24, 2.45) is 5.92 Å². The fourth-order valence-electron chi connectivity index (χ4n) is 4.81. The van der Waals surface area contributed by atoms with Crippen molar-refractivity contribution in [3.8, 4) is 0 Å². The lowest BCUT2D eigenvalue weighted by Crippen LogP contribution is -2.48. The maximum absolute atomic E-state index is 12.9. The molecule has 0 radical (unpaired) electrons. The van der Waals surface area contributed by atoms with E-state index in [0.717, 1.165) is 48.2 Å². The minimum Gasteiger partial charge on any atom is -0.356 e. The van der Waals surface area contributed by atoms with E-state index in [2.05, 4.69) is 30.0 Å². The molecule has 2 fully saturated rings. The monoisotopic (exact) mass is 429 g/mol. The summed E-state index contributed by atoms with van der Waals surface area (Å²) >= 11 is 0. The lowest BCUT2D eigenvalue weighted by Gasteiger charge is -2.42. The number of sulfonamides is 1. The number of rotatable bonds is 6. The Morgan fingerprint density at radius 1 is 1.20 bits per heavy atom. The summed E-state index contributed by atoms with van der Waals surface area (Å²) in [6.45, 7) is 1.18. The minimum absolute atomic E-state index is 0.205. The molecule has 9 nitrogen and oxygen atoms in total. The van der Waals surface area contributed by atoms with Crippen molar-refractivity contribution in [1.82, 2.24) is 29.5 Å². The van der Waals surface area contributed by atoms with Crippen molar-refractivity contribution in [3.05, 3.63) is 36.5 Å². The summed E-state index contributed by atoms with van der Waals surface area (Å²) in [5.41, 5.74) is 1.93. The third-order valence-corrected chi connectivity index (χ3v) is 8.73. The van der Waals surface area contributed by atoms with Crippen LogP contribution in [0.2, 0.25) is 0 Å². The molecule has 160 valence electrons. The van der Waals surface area contributed by atoms with Crippen LogP contribution in [0.5, 0.6) is 0 Å². The van der Waals surface area contributed by atoms with Crippen molar-refractivity contribution in [2.75, 3.05) is 30.8 Å². The van der Waals surface area contributed by atoms with Gasteiger partial charge in [0, 0.05) is 50.2 Å². The first-order chi connectivity index (χ1) is 14.5. The second-order valence-corrected chi connectivity index (χ2v) is 10.5. The van der Waals surface area contributed by atoms with Gasteiger partial charge in [-0.25, -0.2) is 22.7 Å². The predicted octanol–water partition coefficient (Wildman–Crippen LogP) is 2.11. The van der Waals surface area contributed by atoms with Crippen LogP contribution in [0.25, 0.3) is 11.0 Å². The highest BCUT2D eigenvalue weighted by molar-refractivity contribution is 7.89. The first-order valence-electron chi connectivity index (χ1n) is 10.5. The van der Waals surface area contributed by atoms with E-state index in [4.69, 9.17) is 0 Å². The van der Waals surface area contributed by atoms with Crippen LogP contribution in [0.15, 0.2) is 30.9 Å². The first-order valence-corrected chi connectivity index (χ1v) is 12.1. The molecule has 5 rings (SSSR count). The van der Waals surface area contributed by atoms with E-state index < -0.39 is 10.0 Å². The smallest absolute Gasteiger partial charge is 0.214 e. The molecular weight excluding hydrogens is 402 g/mol. The van der Waals surface area contributed by atoms with Crippen LogP contribution in [0, 0.1) is 5.92 Å². The quantitative estimate of drug-likeness (QED) is 0.621. The van der Waals surface area contributed by atoms with E-state index in [0.29, 0.717) is 25.0 Å². The lowest BCUT2D eigenvalue weighted by atomic mass is 9.81. The summed E-state index contributed by atoms with van der Waals surface area (Å²) in [6.07, 6.45) is 8.62. The maximum Gasteiger partial charge on any atom is 0.214 e. The van der Waals surface area contributed by atoms with E-state index in [-0.39, 0.29) is 11.7 Å². The number of nitrogens with one attached hydrogen (secondary N) is 2. The van der Waals surface area contributed by atoms with Crippen LogP contribution < -0.4 is 4.90 Å². The number of hydrogen-bond acceptors (Lipinski definition) is 6. The molecule has 1 aliphatic carbocycles. The molecule has 1 saturated heterocycles. The summed E-state index contributed by atoms with van der Waals surface area (Å²) in [7, 11) is -1.18. The average molecular weight is 430 g/mol. The van der Waals surface area contributed by atoms with Crippen LogP contribution >= 0.6 is 0 Å². The molecule has 10 heteroatoms. The van der Waals surface area contributed by atoms with E-state index in [1.54, 1.807) is 16.8 Å². The number of nitrogens with zero attached hydrogens (tertiary/aromatic N) is 5. The number of aromatic amines is 2. The van der Waals surface area contributed by atoms with Crippen LogP contribution in [0.4, 0.5) is 5.82 Å². The molecule has 0 atom stereocenters. The van der Waals surface area contributed by atoms with Gasteiger partial charge in [-0.2, -0.15) is 5.10 Å². The van der Waals surface area contributed by atoms with Gasteiger partial charge in [0.2, 0.25) is 10.0 Å². The zero-order valence-electron chi connectivity index (χ0n) is 17.0. The number of fused-ring (bicyclic) bond motifs is 1. The van der Waals surface area contributed by atoms with E-state index in [9.17, 15) is 8.42 Å². The van der Waals surface area contributed by atoms with Gasteiger partial charge in [-0.05, 0) is 43.7 Å². The Bertz CT molecular complexity index is 1100. The molecule has 0 unspecified atom stereocenters. The van der Waals surface area contributed by atoms with Gasteiger partial charge in [0.1, 0.15) is 17.8 Å². The molecule has 0 aromatic carbocycles. The maximum atomic E-state index is 12.9. The van der Waals surface area contributed by atoms with Gasteiger partial charge in [-0.1, -0.05) is 0 Å². The van der Waals surface area contributed by atoms with Gasteiger partial charge in [0.15, 0.2) is 0 Å². The van der Waals surface area contributed by atoms with Gasteiger partial charge in [-0.15, -0.1) is 0 Å². The fourth-order valence-corrected chi connectivity index (χ4v) is 6.65. The minimum atomic E-state index is -3.22.